The lowest BCUT2D eigenvalue weighted by Crippen LogP contribution is -1.97. The molecule has 2 nitrogen and oxygen atoms in total. The van der Waals surface area contributed by atoms with Crippen molar-refractivity contribution in [3.05, 3.63) is 84.3 Å². The van der Waals surface area contributed by atoms with E-state index in [2.05, 4.69) is 16.8 Å². The molecule has 0 atom stereocenters. The molecule has 90 valence electrons. The topological polar surface area (TPSA) is 17.8 Å². The van der Waals surface area contributed by atoms with Crippen LogP contribution >= 0.6 is 0 Å². The minimum Gasteiger partial charge on any atom is -0.308 e. The Kier molecular flexibility index (Phi) is 3.12. The summed E-state index contributed by atoms with van der Waals surface area (Å²) in [5, 5.41) is 0. The third-order valence-corrected chi connectivity index (χ3v) is 2.75. The number of pyridine rings is 1. The van der Waals surface area contributed by atoms with Crippen LogP contribution < -0.4 is 0 Å². The van der Waals surface area contributed by atoms with Gasteiger partial charge in [0.2, 0.25) is 0 Å². The monoisotopic (exact) mass is 244 g/mol. The predicted octanol–water partition coefficient (Wildman–Crippen LogP) is 3.27. The van der Waals surface area contributed by atoms with Gasteiger partial charge in [-0.15, -0.1) is 0 Å². The average molecular weight is 244 g/mol. The third kappa shape index (κ3) is 2.56. The molecule has 0 aliphatic carbocycles. The predicted molar refractivity (Wildman–Crippen MR) is 76.0 cm³/mol. The van der Waals surface area contributed by atoms with Crippen molar-refractivity contribution in [1.29, 1.82) is 0 Å². The molecule has 0 unspecified atom stereocenters. The van der Waals surface area contributed by atoms with E-state index < -0.39 is 0 Å². The van der Waals surface area contributed by atoms with Crippen LogP contribution in [0.4, 0.5) is 0 Å². The van der Waals surface area contributed by atoms with E-state index >= 15 is 0 Å². The van der Waals surface area contributed by atoms with Gasteiger partial charge >= 0.3 is 0 Å². The highest BCUT2D eigenvalue weighted by molar-refractivity contribution is 5.49. The van der Waals surface area contributed by atoms with Crippen molar-refractivity contribution in [3.63, 3.8) is 0 Å². The molecule has 3 rings (SSSR count). The number of nitrogens with zero attached hydrogens (tertiary/aromatic N) is 2. The van der Waals surface area contributed by atoms with Gasteiger partial charge in [-0.2, -0.15) is 0 Å². The summed E-state index contributed by atoms with van der Waals surface area (Å²) in [6, 6.07) is 17.8. The summed E-state index contributed by atoms with van der Waals surface area (Å²) >= 11 is 0. The molecule has 19 heavy (non-hydrogen) atoms. The first kappa shape index (κ1) is 11.3. The molecule has 1 aromatic carbocycles. The molecule has 0 bridgehead atoms. The van der Waals surface area contributed by atoms with Gasteiger partial charge in [0.15, 0.2) is 5.82 Å². The highest BCUT2D eigenvalue weighted by Gasteiger charge is 2.01. The van der Waals surface area contributed by atoms with E-state index in [-0.39, 0.29) is 0 Å². The number of hydrogen-bond acceptors (Lipinski definition) is 1. The Morgan fingerprint density at radius 1 is 0.789 bits per heavy atom. The maximum atomic E-state index is 4.39. The molecule has 0 aliphatic heterocycles. The second-order valence-electron chi connectivity index (χ2n) is 4.08. The summed E-state index contributed by atoms with van der Waals surface area (Å²) in [4.78, 5) is 4.39. The van der Waals surface area contributed by atoms with E-state index in [1.807, 2.05) is 71.6 Å². The lowest BCUT2D eigenvalue weighted by molar-refractivity contribution is 1.00. The summed E-state index contributed by atoms with van der Waals surface area (Å²) in [6.45, 7) is 0. The molecule has 3 aromatic rings. The van der Waals surface area contributed by atoms with Crippen molar-refractivity contribution in [2.75, 3.05) is 0 Å². The molecule has 0 saturated carbocycles. The number of benzene rings is 1. The zero-order valence-corrected chi connectivity index (χ0v) is 10.3. The Morgan fingerprint density at radius 3 is 2.37 bits per heavy atom. The molecular weight excluding hydrogens is 232 g/mol. The van der Waals surface area contributed by atoms with E-state index in [0.717, 1.165) is 16.9 Å². The first-order valence-corrected chi connectivity index (χ1v) is 6.09. The quantitative estimate of drug-likeness (QED) is 0.601. The van der Waals surface area contributed by atoms with Crippen LogP contribution in [0.5, 0.6) is 0 Å². The second kappa shape index (κ2) is 5.24. The number of rotatable bonds is 1. The summed E-state index contributed by atoms with van der Waals surface area (Å²) in [7, 11) is 0. The van der Waals surface area contributed by atoms with Crippen LogP contribution in [0.3, 0.4) is 0 Å². The van der Waals surface area contributed by atoms with E-state index in [9.17, 15) is 0 Å². The van der Waals surface area contributed by atoms with Crippen molar-refractivity contribution < 1.29 is 0 Å². The van der Waals surface area contributed by atoms with E-state index in [0.29, 0.717) is 0 Å². The molecule has 0 radical (unpaired) electrons. The highest BCUT2D eigenvalue weighted by Crippen LogP contribution is 2.10. The van der Waals surface area contributed by atoms with Gasteiger partial charge in [-0.1, -0.05) is 30.0 Å². The van der Waals surface area contributed by atoms with Crippen LogP contribution in [0.1, 0.15) is 11.1 Å². The normalized spacial score (nSPS) is 9.68. The molecule has 2 aromatic heterocycles. The summed E-state index contributed by atoms with van der Waals surface area (Å²) < 4.78 is 1.97. The standard InChI is InChI=1S/C17H12N2/c1-2-7-15(8-3-1)10-11-16-9-6-12-18-17(16)19-13-4-5-14-19/h1-9,12-14H. The van der Waals surface area contributed by atoms with Gasteiger partial charge in [0.1, 0.15) is 0 Å². The maximum Gasteiger partial charge on any atom is 0.152 e. The minimum atomic E-state index is 0.857. The van der Waals surface area contributed by atoms with Gasteiger partial charge < -0.3 is 4.57 Å². The molecular formula is C17H12N2. The summed E-state index contributed by atoms with van der Waals surface area (Å²) in [6.07, 6.45) is 5.72. The molecule has 0 fully saturated rings. The fourth-order valence-corrected chi connectivity index (χ4v) is 1.84. The zero-order chi connectivity index (χ0) is 12.9. The van der Waals surface area contributed by atoms with Crippen molar-refractivity contribution in [1.82, 2.24) is 9.55 Å². The van der Waals surface area contributed by atoms with Gasteiger partial charge in [0.05, 0.1) is 5.56 Å². The molecule has 0 aliphatic rings. The van der Waals surface area contributed by atoms with Crippen LogP contribution in [0.25, 0.3) is 5.82 Å². The lowest BCUT2D eigenvalue weighted by Gasteiger charge is -2.03. The van der Waals surface area contributed by atoms with E-state index in [1.54, 1.807) is 6.20 Å². The van der Waals surface area contributed by atoms with Crippen LogP contribution in [0.2, 0.25) is 0 Å². The first-order valence-electron chi connectivity index (χ1n) is 6.09. The molecule has 0 amide bonds. The van der Waals surface area contributed by atoms with Gasteiger partial charge in [-0.3, -0.25) is 0 Å². The Hall–Kier alpha value is -2.79. The largest absolute Gasteiger partial charge is 0.308 e. The van der Waals surface area contributed by atoms with Crippen LogP contribution in [0.15, 0.2) is 73.2 Å². The Morgan fingerprint density at radius 2 is 1.58 bits per heavy atom. The Bertz CT molecular complexity index is 717. The van der Waals surface area contributed by atoms with E-state index in [4.69, 9.17) is 0 Å². The Balaban J connectivity index is 2.01. The first-order chi connectivity index (χ1) is 9.43. The number of hydrogen-bond donors (Lipinski definition) is 0. The van der Waals surface area contributed by atoms with E-state index in [1.165, 1.54) is 0 Å². The SMILES string of the molecule is C(#Cc1cccnc1-n1cccc1)c1ccccc1. The van der Waals surface area contributed by atoms with Gasteiger partial charge in [-0.25, -0.2) is 4.98 Å². The maximum absolute atomic E-state index is 4.39. The lowest BCUT2D eigenvalue weighted by atomic mass is 10.2. The molecule has 0 spiro atoms. The van der Waals surface area contributed by atoms with Crippen molar-refractivity contribution in [2.45, 2.75) is 0 Å². The molecule has 0 N–H and O–H groups in total. The Labute approximate surface area is 112 Å². The molecule has 0 saturated heterocycles. The molecule has 2 heteroatoms. The average Bonchev–Trinajstić information content (AvgIpc) is 3.01. The fraction of sp³-hybridized carbons (Fsp3) is 0. The highest BCUT2D eigenvalue weighted by atomic mass is 15.0. The third-order valence-electron chi connectivity index (χ3n) is 2.75. The summed E-state index contributed by atoms with van der Waals surface area (Å²) in [5.74, 6) is 7.20. The molecule has 2 heterocycles. The fourth-order valence-electron chi connectivity index (χ4n) is 1.84. The zero-order valence-electron chi connectivity index (χ0n) is 10.3. The second-order valence-corrected chi connectivity index (χ2v) is 4.08. The van der Waals surface area contributed by atoms with Crippen molar-refractivity contribution >= 4 is 0 Å². The van der Waals surface area contributed by atoms with Crippen molar-refractivity contribution in [2.24, 2.45) is 0 Å². The van der Waals surface area contributed by atoms with Gasteiger partial charge in [0.25, 0.3) is 0 Å². The van der Waals surface area contributed by atoms with Gasteiger partial charge in [0, 0.05) is 24.2 Å². The van der Waals surface area contributed by atoms with Crippen LogP contribution in [0, 0.1) is 11.8 Å². The van der Waals surface area contributed by atoms with Crippen LogP contribution in [-0.2, 0) is 0 Å². The number of aromatic nitrogens is 2. The smallest absolute Gasteiger partial charge is 0.152 e. The summed E-state index contributed by atoms with van der Waals surface area (Å²) in [5.41, 5.74) is 1.92. The minimum absolute atomic E-state index is 0.857. The van der Waals surface area contributed by atoms with Gasteiger partial charge in [-0.05, 0) is 36.4 Å². The van der Waals surface area contributed by atoms with Crippen LogP contribution in [-0.4, -0.2) is 9.55 Å². The van der Waals surface area contributed by atoms with Crippen molar-refractivity contribution in [3.8, 4) is 17.7 Å².